The standard InChI is InChI=1S/C75H130O6/c1-4-7-10-13-16-19-22-25-27-29-31-32-33-34-35-36-37-38-39-40-41-42-44-45-47-50-53-56-59-62-65-68-74(77)80-71-72(70-79-73(76)67-64-61-58-55-52-49-24-21-18-15-12-9-6-3)81-75(78)69-66-63-60-57-54-51-48-46-43-30-28-26-23-20-17-14-11-8-5-2/h8,11-12,15,17,20-21,24,26,28-29,31,43,46,51,54,72H,4-7,9-10,13-14,16,18-19,22-23,25,27,30,32-42,44-45,47-50,52-53,55-71H2,1-3H3/b11-8-,15-12-,20-17-,24-21-,28-26-,31-29-,46-43-,54-51-. The predicted molar refractivity (Wildman–Crippen MR) is 353 cm³/mol. The molecular formula is C75H130O6. The van der Waals surface area contributed by atoms with Gasteiger partial charge in [0.15, 0.2) is 6.10 Å². The molecule has 0 amide bonds. The largest absolute Gasteiger partial charge is 0.462 e. The van der Waals surface area contributed by atoms with Crippen LogP contribution >= 0.6 is 0 Å². The van der Waals surface area contributed by atoms with Gasteiger partial charge in [-0.3, -0.25) is 14.4 Å². The van der Waals surface area contributed by atoms with Gasteiger partial charge in [0.2, 0.25) is 0 Å². The highest BCUT2D eigenvalue weighted by molar-refractivity contribution is 5.71. The average Bonchev–Trinajstić information content (AvgIpc) is 3.46. The minimum absolute atomic E-state index is 0.0938. The average molecular weight is 1130 g/mol. The van der Waals surface area contributed by atoms with E-state index >= 15 is 0 Å². The first kappa shape index (κ1) is 77.3. The molecule has 1 unspecified atom stereocenters. The van der Waals surface area contributed by atoms with Gasteiger partial charge in [0.25, 0.3) is 0 Å². The summed E-state index contributed by atoms with van der Waals surface area (Å²) in [4.78, 5) is 38.3. The van der Waals surface area contributed by atoms with Gasteiger partial charge >= 0.3 is 17.9 Å². The fraction of sp³-hybridized carbons (Fsp3) is 0.747. The molecule has 0 aliphatic carbocycles. The van der Waals surface area contributed by atoms with Crippen LogP contribution in [-0.4, -0.2) is 37.2 Å². The zero-order valence-electron chi connectivity index (χ0n) is 53.5. The summed E-state index contributed by atoms with van der Waals surface area (Å²) in [5.74, 6) is -0.929. The molecule has 0 bridgehead atoms. The number of ether oxygens (including phenoxy) is 3. The van der Waals surface area contributed by atoms with E-state index in [1.165, 1.54) is 173 Å². The molecule has 0 aliphatic heterocycles. The highest BCUT2D eigenvalue weighted by Crippen LogP contribution is 2.17. The van der Waals surface area contributed by atoms with E-state index in [4.69, 9.17) is 14.2 Å². The van der Waals surface area contributed by atoms with Crippen LogP contribution in [0, 0.1) is 0 Å². The normalized spacial score (nSPS) is 12.7. The third-order valence-corrected chi connectivity index (χ3v) is 15.0. The van der Waals surface area contributed by atoms with Gasteiger partial charge in [-0.2, -0.15) is 0 Å². The van der Waals surface area contributed by atoms with Gasteiger partial charge in [-0.25, -0.2) is 0 Å². The van der Waals surface area contributed by atoms with Crippen molar-refractivity contribution < 1.29 is 28.6 Å². The van der Waals surface area contributed by atoms with E-state index in [0.29, 0.717) is 12.8 Å². The van der Waals surface area contributed by atoms with Crippen molar-refractivity contribution in [3.05, 3.63) is 97.2 Å². The van der Waals surface area contributed by atoms with Crippen LogP contribution < -0.4 is 0 Å². The van der Waals surface area contributed by atoms with Gasteiger partial charge in [-0.15, -0.1) is 0 Å². The lowest BCUT2D eigenvalue weighted by Crippen LogP contribution is -2.30. The van der Waals surface area contributed by atoms with Gasteiger partial charge in [-0.05, 0) is 116 Å². The van der Waals surface area contributed by atoms with E-state index in [-0.39, 0.29) is 37.5 Å². The minimum Gasteiger partial charge on any atom is -0.462 e. The third-order valence-electron chi connectivity index (χ3n) is 15.0. The van der Waals surface area contributed by atoms with Crippen LogP contribution in [0.4, 0.5) is 0 Å². The van der Waals surface area contributed by atoms with Gasteiger partial charge < -0.3 is 14.2 Å². The first-order valence-electron chi connectivity index (χ1n) is 34.7. The van der Waals surface area contributed by atoms with Crippen molar-refractivity contribution in [2.24, 2.45) is 0 Å². The summed E-state index contributed by atoms with van der Waals surface area (Å²) < 4.78 is 16.9. The maximum Gasteiger partial charge on any atom is 0.306 e. The number of hydrogen-bond donors (Lipinski definition) is 0. The number of allylic oxidation sites excluding steroid dienone is 16. The van der Waals surface area contributed by atoms with Crippen molar-refractivity contribution in [3.8, 4) is 0 Å². The molecule has 0 N–H and O–H groups in total. The molecule has 466 valence electrons. The number of hydrogen-bond acceptors (Lipinski definition) is 6. The molecular weight excluding hydrogens is 997 g/mol. The van der Waals surface area contributed by atoms with E-state index < -0.39 is 6.10 Å². The van der Waals surface area contributed by atoms with E-state index in [1.807, 2.05) is 0 Å². The molecule has 0 heterocycles. The fourth-order valence-electron chi connectivity index (χ4n) is 9.86. The van der Waals surface area contributed by atoms with E-state index in [1.54, 1.807) is 0 Å². The van der Waals surface area contributed by atoms with Gasteiger partial charge in [0.05, 0.1) is 0 Å². The summed E-state index contributed by atoms with van der Waals surface area (Å²) >= 11 is 0. The predicted octanol–water partition coefficient (Wildman–Crippen LogP) is 24.0. The van der Waals surface area contributed by atoms with E-state index in [2.05, 4.69) is 118 Å². The van der Waals surface area contributed by atoms with Crippen molar-refractivity contribution in [1.82, 2.24) is 0 Å². The SMILES string of the molecule is CC/C=C\C/C=C\C/C=C\C/C=C\C/C=C\CCCCCC(=O)OC(COC(=O)CCCCCCC/C=C\C/C=C\CCC)COC(=O)CCCCCCCCCCCCCCCCCCCCC/C=C\CCCCCCCCCC. The minimum atomic E-state index is -0.802. The molecule has 0 aromatic rings. The second-order valence-corrected chi connectivity index (χ2v) is 23.1. The molecule has 81 heavy (non-hydrogen) atoms. The number of rotatable bonds is 63. The quantitative estimate of drug-likeness (QED) is 0.0261. The molecule has 0 rings (SSSR count). The summed E-state index contributed by atoms with van der Waals surface area (Å²) in [6, 6.07) is 0. The Kier molecular flexibility index (Phi) is 65.7. The fourth-order valence-corrected chi connectivity index (χ4v) is 9.86. The molecule has 0 spiro atoms. The number of esters is 3. The smallest absolute Gasteiger partial charge is 0.306 e. The van der Waals surface area contributed by atoms with Crippen molar-refractivity contribution in [2.45, 2.75) is 348 Å². The Morgan fingerprint density at radius 3 is 0.827 bits per heavy atom. The Morgan fingerprint density at radius 1 is 0.259 bits per heavy atom. The molecule has 0 radical (unpaired) electrons. The Labute approximate surface area is 502 Å². The lowest BCUT2D eigenvalue weighted by Gasteiger charge is -2.18. The van der Waals surface area contributed by atoms with Crippen molar-refractivity contribution >= 4 is 17.9 Å². The Bertz CT molecular complexity index is 1580. The van der Waals surface area contributed by atoms with Crippen LogP contribution in [0.2, 0.25) is 0 Å². The first-order valence-corrected chi connectivity index (χ1v) is 34.7. The molecule has 0 aliphatic rings. The highest BCUT2D eigenvalue weighted by Gasteiger charge is 2.19. The summed E-state index contributed by atoms with van der Waals surface area (Å²) in [5.41, 5.74) is 0. The van der Waals surface area contributed by atoms with Crippen LogP contribution in [0.5, 0.6) is 0 Å². The third kappa shape index (κ3) is 67.0. The molecule has 6 heteroatoms. The maximum atomic E-state index is 12.9. The zero-order chi connectivity index (χ0) is 58.5. The van der Waals surface area contributed by atoms with Crippen molar-refractivity contribution in [3.63, 3.8) is 0 Å². The molecule has 0 fully saturated rings. The van der Waals surface area contributed by atoms with Gasteiger partial charge in [0, 0.05) is 19.3 Å². The topological polar surface area (TPSA) is 78.9 Å². The molecule has 0 aromatic heterocycles. The summed E-state index contributed by atoms with van der Waals surface area (Å²) in [6.07, 6.45) is 93.1. The number of unbranched alkanes of at least 4 members (excludes halogenated alkanes) is 36. The second kappa shape index (κ2) is 68.8. The maximum absolute atomic E-state index is 12.9. The Hall–Kier alpha value is -3.67. The lowest BCUT2D eigenvalue weighted by atomic mass is 10.0. The molecule has 0 aromatic carbocycles. The second-order valence-electron chi connectivity index (χ2n) is 23.1. The number of carbonyl (C=O) groups is 3. The molecule has 1 atom stereocenters. The first-order chi connectivity index (χ1) is 40.0. The van der Waals surface area contributed by atoms with Crippen LogP contribution in [0.25, 0.3) is 0 Å². The van der Waals surface area contributed by atoms with E-state index in [9.17, 15) is 14.4 Å². The van der Waals surface area contributed by atoms with Gasteiger partial charge in [0.1, 0.15) is 13.2 Å². The van der Waals surface area contributed by atoms with Crippen LogP contribution in [-0.2, 0) is 28.6 Å². The van der Waals surface area contributed by atoms with Crippen molar-refractivity contribution in [2.75, 3.05) is 13.2 Å². The summed E-state index contributed by atoms with van der Waals surface area (Å²) in [7, 11) is 0. The van der Waals surface area contributed by atoms with Crippen molar-refractivity contribution in [1.29, 1.82) is 0 Å². The lowest BCUT2D eigenvalue weighted by molar-refractivity contribution is -0.167. The highest BCUT2D eigenvalue weighted by atomic mass is 16.6. The zero-order valence-corrected chi connectivity index (χ0v) is 53.5. The van der Waals surface area contributed by atoms with Crippen LogP contribution in [0.1, 0.15) is 342 Å². The Balaban J connectivity index is 4.23. The van der Waals surface area contributed by atoms with Gasteiger partial charge in [-0.1, -0.05) is 304 Å². The Morgan fingerprint density at radius 2 is 0.506 bits per heavy atom. The molecule has 0 saturated heterocycles. The summed E-state index contributed by atoms with van der Waals surface area (Å²) in [6.45, 7) is 6.46. The summed E-state index contributed by atoms with van der Waals surface area (Å²) in [5, 5.41) is 0. The molecule has 6 nitrogen and oxygen atoms in total. The van der Waals surface area contributed by atoms with Crippen LogP contribution in [0.3, 0.4) is 0 Å². The molecule has 0 saturated carbocycles. The van der Waals surface area contributed by atoms with E-state index in [0.717, 1.165) is 128 Å². The number of carbonyl (C=O) groups excluding carboxylic acids is 3. The monoisotopic (exact) mass is 1130 g/mol. The van der Waals surface area contributed by atoms with Crippen LogP contribution in [0.15, 0.2) is 97.2 Å².